The second-order valence-corrected chi connectivity index (χ2v) is 5.15. The molecule has 0 saturated carbocycles. The molecular formula is C13H22O5S. The molecule has 6 heteroatoms. The van der Waals surface area contributed by atoms with E-state index in [1.165, 1.54) is 11.8 Å². The number of hydrogen-bond donors (Lipinski definition) is 0. The Labute approximate surface area is 118 Å². The van der Waals surface area contributed by atoms with Gasteiger partial charge in [0.15, 0.2) is 12.0 Å². The first-order valence-corrected chi connectivity index (χ1v) is 7.23. The molecule has 0 bridgehead atoms. The quantitative estimate of drug-likeness (QED) is 0.584. The number of rotatable bonds is 4. The molecule has 0 spiro atoms. The second-order valence-electron chi connectivity index (χ2n) is 3.61. The predicted molar refractivity (Wildman–Crippen MR) is 74.9 cm³/mol. The molecule has 1 heterocycles. The lowest BCUT2D eigenvalue weighted by Gasteiger charge is -2.31. The van der Waals surface area contributed by atoms with Crippen LogP contribution in [0.5, 0.6) is 0 Å². The Bertz CT molecular complexity index is 305. The largest absolute Gasteiger partial charge is 0.451 e. The number of hydrogen-bond acceptors (Lipinski definition) is 6. The van der Waals surface area contributed by atoms with Crippen LogP contribution in [0.15, 0.2) is 12.7 Å². The first-order chi connectivity index (χ1) is 9.02. The van der Waals surface area contributed by atoms with E-state index >= 15 is 0 Å². The van der Waals surface area contributed by atoms with Gasteiger partial charge < -0.3 is 14.2 Å². The molecule has 1 aliphatic rings. The van der Waals surface area contributed by atoms with Gasteiger partial charge in [-0.1, -0.05) is 27.4 Å². The Hall–Kier alpha value is -1.01. The summed E-state index contributed by atoms with van der Waals surface area (Å²) >= 11 is 1.53. The van der Waals surface area contributed by atoms with Gasteiger partial charge in [0.1, 0.15) is 0 Å². The van der Waals surface area contributed by atoms with Crippen LogP contribution in [0.3, 0.4) is 0 Å². The summed E-state index contributed by atoms with van der Waals surface area (Å²) in [7, 11) is 0. The van der Waals surface area contributed by atoms with Gasteiger partial charge in [-0.15, -0.1) is 11.8 Å². The topological polar surface area (TPSA) is 61.8 Å². The van der Waals surface area contributed by atoms with Gasteiger partial charge in [-0.3, -0.25) is 0 Å². The number of carbonyl (C=O) groups is 2. The third kappa shape index (κ3) is 7.22. The summed E-state index contributed by atoms with van der Waals surface area (Å²) in [6, 6.07) is 0. The van der Waals surface area contributed by atoms with Gasteiger partial charge in [0.25, 0.3) is 0 Å². The molecule has 1 rings (SSSR count). The molecule has 0 aromatic heterocycles. The van der Waals surface area contributed by atoms with E-state index in [0.717, 1.165) is 6.08 Å². The monoisotopic (exact) mass is 290 g/mol. The predicted octanol–water partition coefficient (Wildman–Crippen LogP) is 2.15. The maximum atomic E-state index is 11.3. The summed E-state index contributed by atoms with van der Waals surface area (Å²) in [6.45, 7) is 11.2. The average Bonchev–Trinajstić information content (AvgIpc) is 2.42. The van der Waals surface area contributed by atoms with E-state index in [4.69, 9.17) is 9.47 Å². The van der Waals surface area contributed by atoms with Crippen molar-refractivity contribution in [2.75, 3.05) is 13.2 Å². The number of carbonyl (C=O) groups excluding carboxylic acids is 2. The van der Waals surface area contributed by atoms with Crippen molar-refractivity contribution in [2.45, 2.75) is 44.5 Å². The van der Waals surface area contributed by atoms with Crippen LogP contribution in [-0.2, 0) is 23.8 Å². The molecule has 1 saturated heterocycles. The highest BCUT2D eigenvalue weighted by molar-refractivity contribution is 8.00. The molecule has 0 aromatic rings. The minimum absolute atomic E-state index is 0.147. The highest BCUT2D eigenvalue weighted by Gasteiger charge is 2.28. The lowest BCUT2D eigenvalue weighted by atomic mass is 10.3. The Morgan fingerprint density at radius 2 is 2.05 bits per heavy atom. The zero-order valence-corrected chi connectivity index (χ0v) is 12.7. The maximum Gasteiger partial charge on any atom is 0.345 e. The summed E-state index contributed by atoms with van der Waals surface area (Å²) in [5.41, 5.74) is -0.337. The highest BCUT2D eigenvalue weighted by Crippen LogP contribution is 2.28. The smallest absolute Gasteiger partial charge is 0.345 e. The standard InChI is InChI=1S/C11H16O5S.C2H6/c1-4-9(12)15-5-10(13)16-11-6-14-7(2)8(3)17-11;1-2/h4,7-8,11H,1,5-6H2,2-3H3;1-2H3. The Kier molecular flexibility index (Phi) is 9.34. The minimum Gasteiger partial charge on any atom is -0.451 e. The highest BCUT2D eigenvalue weighted by atomic mass is 32.2. The van der Waals surface area contributed by atoms with E-state index in [1.54, 1.807) is 0 Å². The fraction of sp³-hybridized carbons (Fsp3) is 0.692. The normalized spacial score (nSPS) is 25.6. The van der Waals surface area contributed by atoms with Gasteiger partial charge in [-0.25, -0.2) is 9.59 Å². The van der Waals surface area contributed by atoms with Gasteiger partial charge in [-0.2, -0.15) is 0 Å². The fourth-order valence-electron chi connectivity index (χ4n) is 1.19. The maximum absolute atomic E-state index is 11.3. The van der Waals surface area contributed by atoms with Crippen LogP contribution in [0.25, 0.3) is 0 Å². The molecule has 0 radical (unpaired) electrons. The summed E-state index contributed by atoms with van der Waals surface area (Å²) in [6.07, 6.45) is 1.14. The van der Waals surface area contributed by atoms with E-state index in [2.05, 4.69) is 11.3 Å². The van der Waals surface area contributed by atoms with Gasteiger partial charge in [0.2, 0.25) is 0 Å². The van der Waals surface area contributed by atoms with Gasteiger partial charge >= 0.3 is 11.9 Å². The second kappa shape index (κ2) is 9.86. The van der Waals surface area contributed by atoms with Crippen molar-refractivity contribution in [3.63, 3.8) is 0 Å². The molecule has 1 fully saturated rings. The molecule has 1 aliphatic heterocycles. The van der Waals surface area contributed by atoms with Crippen LogP contribution < -0.4 is 0 Å². The summed E-state index contributed by atoms with van der Waals surface area (Å²) in [5.74, 6) is -1.22. The molecule has 0 N–H and O–H groups in total. The molecule has 19 heavy (non-hydrogen) atoms. The van der Waals surface area contributed by atoms with Crippen LogP contribution in [-0.4, -0.2) is 41.9 Å². The van der Waals surface area contributed by atoms with Gasteiger partial charge in [-0.05, 0) is 6.92 Å². The van der Waals surface area contributed by atoms with Crippen molar-refractivity contribution in [3.8, 4) is 0 Å². The first-order valence-electron chi connectivity index (χ1n) is 6.28. The van der Waals surface area contributed by atoms with E-state index in [0.29, 0.717) is 6.61 Å². The van der Waals surface area contributed by atoms with Crippen molar-refractivity contribution >= 4 is 23.7 Å². The van der Waals surface area contributed by atoms with Gasteiger partial charge in [0, 0.05) is 11.3 Å². The molecule has 110 valence electrons. The first kappa shape index (κ1) is 18.0. The molecule has 5 nitrogen and oxygen atoms in total. The summed E-state index contributed by atoms with van der Waals surface area (Å²) in [5, 5.41) is 0.261. The van der Waals surface area contributed by atoms with Crippen LogP contribution in [0.2, 0.25) is 0 Å². The van der Waals surface area contributed by atoms with Crippen LogP contribution >= 0.6 is 11.8 Å². The molecule has 3 atom stereocenters. The van der Waals surface area contributed by atoms with Crippen molar-refractivity contribution in [1.29, 1.82) is 0 Å². The Balaban J connectivity index is 0.00000154. The third-order valence-electron chi connectivity index (χ3n) is 2.28. The van der Waals surface area contributed by atoms with E-state index < -0.39 is 18.5 Å². The zero-order valence-electron chi connectivity index (χ0n) is 11.9. The number of ether oxygens (including phenoxy) is 3. The molecule has 0 aromatic carbocycles. The minimum atomic E-state index is -0.642. The lowest BCUT2D eigenvalue weighted by molar-refractivity contribution is -0.159. The van der Waals surface area contributed by atoms with E-state index in [9.17, 15) is 9.59 Å². The Morgan fingerprint density at radius 1 is 1.42 bits per heavy atom. The van der Waals surface area contributed by atoms with Crippen LogP contribution in [0.1, 0.15) is 27.7 Å². The number of thioether (sulfide) groups is 1. The van der Waals surface area contributed by atoms with Crippen molar-refractivity contribution in [1.82, 2.24) is 0 Å². The van der Waals surface area contributed by atoms with Crippen LogP contribution in [0.4, 0.5) is 0 Å². The molecular weight excluding hydrogens is 268 g/mol. The summed E-state index contributed by atoms with van der Waals surface area (Å²) < 4.78 is 15.1. The third-order valence-corrected chi connectivity index (χ3v) is 3.63. The van der Waals surface area contributed by atoms with Crippen molar-refractivity contribution in [3.05, 3.63) is 12.7 Å². The fourth-order valence-corrected chi connectivity index (χ4v) is 2.29. The Morgan fingerprint density at radius 3 is 2.58 bits per heavy atom. The van der Waals surface area contributed by atoms with Crippen molar-refractivity contribution in [2.24, 2.45) is 0 Å². The zero-order chi connectivity index (χ0) is 14.8. The number of esters is 2. The summed E-state index contributed by atoms with van der Waals surface area (Å²) in [4.78, 5) is 22.0. The molecule has 0 aliphatic carbocycles. The SMILES string of the molecule is C=CC(=O)OCC(=O)OC1COC(C)C(C)S1.CC. The lowest BCUT2D eigenvalue weighted by Crippen LogP contribution is -2.36. The van der Waals surface area contributed by atoms with Gasteiger partial charge in [0.05, 0.1) is 12.7 Å². The molecule has 3 unspecified atom stereocenters. The van der Waals surface area contributed by atoms with Crippen molar-refractivity contribution < 1.29 is 23.8 Å². The average molecular weight is 290 g/mol. The van der Waals surface area contributed by atoms with E-state index in [-0.39, 0.29) is 16.8 Å². The van der Waals surface area contributed by atoms with E-state index in [1.807, 2.05) is 27.7 Å². The van der Waals surface area contributed by atoms with Crippen LogP contribution in [0, 0.1) is 0 Å². The molecule has 0 amide bonds.